The summed E-state index contributed by atoms with van der Waals surface area (Å²) in [7, 11) is 0. The van der Waals surface area contributed by atoms with Crippen LogP contribution in [0.4, 0.5) is 24.5 Å². The number of carbonyl (C=O) groups excluding carboxylic acids is 2. The summed E-state index contributed by atoms with van der Waals surface area (Å²) in [5, 5.41) is 4.79. The maximum absolute atomic E-state index is 12.7. The summed E-state index contributed by atoms with van der Waals surface area (Å²) in [6.07, 6.45) is 1.19. The van der Waals surface area contributed by atoms with Crippen LogP contribution in [0.15, 0.2) is 78.0 Å². The number of halogens is 3. The van der Waals surface area contributed by atoms with E-state index in [1.54, 1.807) is 48.5 Å². The maximum Gasteiger partial charge on any atom is 0.447 e. The minimum absolute atomic E-state index is 0.200. The number of nitrogens with zero attached hydrogens (tertiary/aromatic N) is 1. The Bertz CT molecular complexity index is 1030. The number of amides is 2. The average Bonchev–Trinajstić information content (AvgIpc) is 2.68. The number of thioether (sulfide) groups is 1. The van der Waals surface area contributed by atoms with E-state index in [4.69, 9.17) is 0 Å². The van der Waals surface area contributed by atoms with Crippen LogP contribution in [0.5, 0.6) is 0 Å². The molecular formula is C20H14F3N3O2S. The minimum atomic E-state index is -4.56. The van der Waals surface area contributed by atoms with Crippen molar-refractivity contribution in [1.82, 2.24) is 4.98 Å². The van der Waals surface area contributed by atoms with Gasteiger partial charge < -0.3 is 10.6 Å². The van der Waals surface area contributed by atoms with E-state index in [0.717, 1.165) is 0 Å². The zero-order valence-electron chi connectivity index (χ0n) is 14.7. The number of benzene rings is 2. The molecule has 2 amide bonds. The molecule has 0 radical (unpaired) electrons. The molecule has 0 spiro atoms. The number of carbonyl (C=O) groups is 2. The molecule has 1 heterocycles. The van der Waals surface area contributed by atoms with Gasteiger partial charge in [-0.2, -0.15) is 13.2 Å². The standard InChI is InChI=1S/C20H14F3N3O2S/c21-20(22,23)29-19-16(10-5-11-24-19)18(28)26-15-9-4-8-14(12-15)25-17(27)13-6-2-1-3-7-13/h1-12H,(H,25,27)(H,26,28). The molecule has 3 aromatic rings. The Labute approximate surface area is 168 Å². The van der Waals surface area contributed by atoms with Crippen molar-refractivity contribution in [1.29, 1.82) is 0 Å². The van der Waals surface area contributed by atoms with E-state index in [9.17, 15) is 22.8 Å². The van der Waals surface area contributed by atoms with Crippen LogP contribution in [0.3, 0.4) is 0 Å². The smallest absolute Gasteiger partial charge is 0.322 e. The van der Waals surface area contributed by atoms with Crippen molar-refractivity contribution in [3.05, 3.63) is 84.1 Å². The van der Waals surface area contributed by atoms with Gasteiger partial charge in [0.2, 0.25) is 0 Å². The summed E-state index contributed by atoms with van der Waals surface area (Å²) < 4.78 is 38.0. The van der Waals surface area contributed by atoms with Gasteiger partial charge in [-0.3, -0.25) is 9.59 Å². The van der Waals surface area contributed by atoms with Crippen LogP contribution in [0, 0.1) is 0 Å². The summed E-state index contributed by atoms with van der Waals surface area (Å²) in [5.41, 5.74) is -3.56. The second-order valence-electron chi connectivity index (χ2n) is 5.76. The van der Waals surface area contributed by atoms with Gasteiger partial charge in [-0.25, -0.2) is 4.98 Å². The summed E-state index contributed by atoms with van der Waals surface area (Å²) in [6, 6.07) is 17.5. The summed E-state index contributed by atoms with van der Waals surface area (Å²) >= 11 is -0.454. The maximum atomic E-state index is 12.7. The van der Waals surface area contributed by atoms with Crippen LogP contribution < -0.4 is 10.6 Å². The first-order valence-electron chi connectivity index (χ1n) is 8.30. The predicted octanol–water partition coefficient (Wildman–Crippen LogP) is 5.20. The fraction of sp³-hybridized carbons (Fsp3) is 0.0500. The molecule has 2 aromatic carbocycles. The third kappa shape index (κ3) is 5.82. The van der Waals surface area contributed by atoms with E-state index >= 15 is 0 Å². The molecule has 9 heteroatoms. The van der Waals surface area contributed by atoms with Gasteiger partial charge in [-0.05, 0) is 42.5 Å². The van der Waals surface area contributed by atoms with Crippen molar-refractivity contribution in [3.8, 4) is 0 Å². The molecule has 2 N–H and O–H groups in total. The van der Waals surface area contributed by atoms with Crippen LogP contribution in [-0.4, -0.2) is 22.3 Å². The molecule has 3 rings (SSSR count). The van der Waals surface area contributed by atoms with Gasteiger partial charge in [0.25, 0.3) is 11.8 Å². The van der Waals surface area contributed by atoms with Gasteiger partial charge >= 0.3 is 5.51 Å². The lowest BCUT2D eigenvalue weighted by molar-refractivity contribution is -0.0329. The molecule has 0 atom stereocenters. The van der Waals surface area contributed by atoms with Crippen LogP contribution in [0.25, 0.3) is 0 Å². The van der Waals surface area contributed by atoms with E-state index in [2.05, 4.69) is 15.6 Å². The first-order chi connectivity index (χ1) is 13.8. The van der Waals surface area contributed by atoms with E-state index < -0.39 is 28.2 Å². The molecule has 29 heavy (non-hydrogen) atoms. The SMILES string of the molecule is O=C(Nc1cccc(NC(=O)c2cccnc2SC(F)(F)F)c1)c1ccccc1. The van der Waals surface area contributed by atoms with E-state index in [-0.39, 0.29) is 11.5 Å². The fourth-order valence-corrected chi connectivity index (χ4v) is 3.02. The molecule has 0 saturated carbocycles. The zero-order valence-corrected chi connectivity index (χ0v) is 15.6. The molecule has 0 saturated heterocycles. The molecule has 1 aromatic heterocycles. The highest BCUT2D eigenvalue weighted by Gasteiger charge is 2.32. The number of alkyl halides is 3. The second-order valence-corrected chi connectivity index (χ2v) is 6.81. The van der Waals surface area contributed by atoms with Gasteiger partial charge in [-0.1, -0.05) is 24.3 Å². The van der Waals surface area contributed by atoms with E-state index in [1.165, 1.54) is 24.4 Å². The third-order valence-corrected chi connectivity index (χ3v) is 4.39. The van der Waals surface area contributed by atoms with Crippen molar-refractivity contribution in [2.45, 2.75) is 10.5 Å². The molecule has 0 unspecified atom stereocenters. The Balaban J connectivity index is 1.74. The van der Waals surface area contributed by atoms with E-state index in [0.29, 0.717) is 16.9 Å². The lowest BCUT2D eigenvalue weighted by atomic mass is 10.2. The van der Waals surface area contributed by atoms with Crippen LogP contribution in [0.1, 0.15) is 20.7 Å². The molecule has 0 aliphatic rings. The molecule has 0 aliphatic heterocycles. The van der Waals surface area contributed by atoms with Gasteiger partial charge in [0, 0.05) is 34.9 Å². The van der Waals surface area contributed by atoms with Crippen LogP contribution in [-0.2, 0) is 0 Å². The third-order valence-electron chi connectivity index (χ3n) is 3.64. The van der Waals surface area contributed by atoms with Gasteiger partial charge in [-0.15, -0.1) is 0 Å². The van der Waals surface area contributed by atoms with Crippen LogP contribution in [0.2, 0.25) is 0 Å². The topological polar surface area (TPSA) is 71.1 Å². The number of hydrogen-bond donors (Lipinski definition) is 2. The Hall–Kier alpha value is -3.33. The lowest BCUT2D eigenvalue weighted by Gasteiger charge is -2.11. The number of aromatic nitrogens is 1. The number of pyridine rings is 1. The van der Waals surface area contributed by atoms with Crippen molar-refractivity contribution in [2.75, 3.05) is 10.6 Å². The van der Waals surface area contributed by atoms with Gasteiger partial charge in [0.05, 0.1) is 5.56 Å². The average molecular weight is 417 g/mol. The molecule has 148 valence electrons. The Morgan fingerprint density at radius 1 is 0.828 bits per heavy atom. The second kappa shape index (κ2) is 8.78. The summed E-state index contributed by atoms with van der Waals surface area (Å²) in [6.45, 7) is 0. The first kappa shape index (κ1) is 20.4. The first-order valence-corrected chi connectivity index (χ1v) is 9.12. The molecule has 0 aliphatic carbocycles. The fourth-order valence-electron chi connectivity index (χ4n) is 2.42. The van der Waals surface area contributed by atoms with E-state index in [1.807, 2.05) is 0 Å². The zero-order chi connectivity index (χ0) is 20.9. The van der Waals surface area contributed by atoms with Crippen molar-refractivity contribution in [2.24, 2.45) is 0 Å². The number of hydrogen-bond acceptors (Lipinski definition) is 4. The van der Waals surface area contributed by atoms with Crippen LogP contribution >= 0.6 is 11.8 Å². The van der Waals surface area contributed by atoms with Gasteiger partial charge in [0.1, 0.15) is 5.03 Å². The van der Waals surface area contributed by atoms with Crippen molar-refractivity contribution < 1.29 is 22.8 Å². The van der Waals surface area contributed by atoms with Gasteiger partial charge in [0.15, 0.2) is 0 Å². The Morgan fingerprint density at radius 2 is 1.48 bits per heavy atom. The monoisotopic (exact) mass is 417 g/mol. The number of nitrogens with one attached hydrogen (secondary N) is 2. The number of anilines is 2. The number of rotatable bonds is 5. The summed E-state index contributed by atoms with van der Waals surface area (Å²) in [4.78, 5) is 28.3. The lowest BCUT2D eigenvalue weighted by Crippen LogP contribution is -2.15. The van der Waals surface area contributed by atoms with Crippen molar-refractivity contribution >= 4 is 35.0 Å². The molecule has 0 bridgehead atoms. The highest BCUT2D eigenvalue weighted by atomic mass is 32.2. The molecular weight excluding hydrogens is 403 g/mol. The Kier molecular flexibility index (Phi) is 6.18. The Morgan fingerprint density at radius 3 is 2.14 bits per heavy atom. The highest BCUT2D eigenvalue weighted by molar-refractivity contribution is 8.00. The molecule has 5 nitrogen and oxygen atoms in total. The predicted molar refractivity (Wildman–Crippen MR) is 105 cm³/mol. The minimum Gasteiger partial charge on any atom is -0.322 e. The largest absolute Gasteiger partial charge is 0.447 e. The quantitative estimate of drug-likeness (QED) is 0.560. The molecule has 0 fully saturated rings. The van der Waals surface area contributed by atoms with Crippen molar-refractivity contribution in [3.63, 3.8) is 0 Å². The normalized spacial score (nSPS) is 11.0. The summed E-state index contributed by atoms with van der Waals surface area (Å²) in [5.74, 6) is -1.07. The highest BCUT2D eigenvalue weighted by Crippen LogP contribution is 2.37.